The van der Waals surface area contributed by atoms with Crippen LogP contribution in [-0.2, 0) is 22.7 Å². The molecule has 1 fully saturated rings. The number of benzene rings is 2. The molecule has 0 radical (unpaired) electrons. The van der Waals surface area contributed by atoms with Gasteiger partial charge in [0.25, 0.3) is 0 Å². The second-order valence-corrected chi connectivity index (χ2v) is 13.9. The van der Waals surface area contributed by atoms with Crippen molar-refractivity contribution in [1.29, 1.82) is 0 Å². The van der Waals surface area contributed by atoms with E-state index in [9.17, 15) is 9.18 Å². The summed E-state index contributed by atoms with van der Waals surface area (Å²) in [5, 5.41) is 0. The highest BCUT2D eigenvalue weighted by Crippen LogP contribution is 2.50. The van der Waals surface area contributed by atoms with Crippen LogP contribution in [0.1, 0.15) is 96.5 Å². The monoisotopic (exact) mass is 606 g/mol. The molecule has 2 aromatic carbocycles. The maximum atomic E-state index is 16.2. The standard InChI is InChI=1S/C37H48F2N2O3/c1-23(2)41(24(3)4)21-29-18-26(13-16-31(29)32-17-25(5)40-20-33(32)38)22-43-30-12-10-11-28(19-30)34(27-14-15-27)37(9,39)35(42)44-36(6,7)8/h10-13,16-20,23-24,27,34H,14-15,21-22H2,1-9H3/t34-,37+/m0/s1. The molecule has 1 heterocycles. The van der Waals surface area contributed by atoms with E-state index >= 15 is 4.39 Å². The molecule has 5 nitrogen and oxygen atoms in total. The molecule has 1 aliphatic carbocycles. The maximum absolute atomic E-state index is 16.2. The average molecular weight is 607 g/mol. The van der Waals surface area contributed by atoms with Gasteiger partial charge in [-0.25, -0.2) is 13.6 Å². The largest absolute Gasteiger partial charge is 0.489 e. The summed E-state index contributed by atoms with van der Waals surface area (Å²) in [4.78, 5) is 19.4. The van der Waals surface area contributed by atoms with E-state index in [1.807, 2.05) is 43.3 Å². The van der Waals surface area contributed by atoms with Gasteiger partial charge in [-0.2, -0.15) is 0 Å². The van der Waals surface area contributed by atoms with E-state index < -0.39 is 23.2 Å². The smallest absolute Gasteiger partial charge is 0.344 e. The molecule has 44 heavy (non-hydrogen) atoms. The van der Waals surface area contributed by atoms with Gasteiger partial charge in [0.2, 0.25) is 5.67 Å². The lowest BCUT2D eigenvalue weighted by Crippen LogP contribution is -2.43. The third-order valence-electron chi connectivity index (χ3n) is 8.23. The summed E-state index contributed by atoms with van der Waals surface area (Å²) in [6, 6.07) is 15.8. The molecule has 0 aliphatic heterocycles. The third-order valence-corrected chi connectivity index (χ3v) is 8.23. The first-order valence-corrected chi connectivity index (χ1v) is 15.7. The summed E-state index contributed by atoms with van der Waals surface area (Å²) < 4.78 is 42.9. The van der Waals surface area contributed by atoms with E-state index in [2.05, 4.69) is 43.6 Å². The molecule has 0 bridgehead atoms. The first-order valence-electron chi connectivity index (χ1n) is 15.7. The number of halogens is 2. The molecular formula is C37H48F2N2O3. The van der Waals surface area contributed by atoms with Crippen LogP contribution >= 0.6 is 0 Å². The Balaban J connectivity index is 1.61. The van der Waals surface area contributed by atoms with E-state index in [4.69, 9.17) is 9.47 Å². The lowest BCUT2D eigenvalue weighted by Gasteiger charge is -2.32. The van der Waals surface area contributed by atoms with Gasteiger partial charge in [0.05, 0.1) is 6.20 Å². The van der Waals surface area contributed by atoms with Crippen molar-refractivity contribution in [3.8, 4) is 16.9 Å². The number of rotatable bonds is 12. The minimum Gasteiger partial charge on any atom is -0.489 e. The van der Waals surface area contributed by atoms with Gasteiger partial charge >= 0.3 is 5.97 Å². The Morgan fingerprint density at radius 2 is 1.68 bits per heavy atom. The maximum Gasteiger partial charge on any atom is 0.344 e. The number of esters is 1. The van der Waals surface area contributed by atoms with Crippen LogP contribution in [0.3, 0.4) is 0 Å². The third kappa shape index (κ3) is 8.23. The number of aryl methyl sites for hydroxylation is 1. The summed E-state index contributed by atoms with van der Waals surface area (Å²) in [5.41, 5.74) is 1.85. The van der Waals surface area contributed by atoms with Crippen LogP contribution in [0.25, 0.3) is 11.1 Å². The van der Waals surface area contributed by atoms with Crippen LogP contribution in [0.2, 0.25) is 0 Å². The van der Waals surface area contributed by atoms with E-state index in [0.29, 0.717) is 29.9 Å². The highest BCUT2D eigenvalue weighted by molar-refractivity contribution is 5.81. The van der Waals surface area contributed by atoms with Crippen molar-refractivity contribution in [3.63, 3.8) is 0 Å². The highest BCUT2D eigenvalue weighted by Gasteiger charge is 2.51. The molecule has 1 aromatic heterocycles. The Bertz CT molecular complexity index is 1450. The molecule has 4 rings (SSSR count). The molecule has 0 saturated heterocycles. The van der Waals surface area contributed by atoms with Gasteiger partial charge in [0, 0.05) is 35.8 Å². The second kappa shape index (κ2) is 13.4. The molecule has 7 heteroatoms. The Labute approximate surface area is 262 Å². The number of nitrogens with zero attached hydrogens (tertiary/aromatic N) is 2. The van der Waals surface area contributed by atoms with Crippen LogP contribution in [0.5, 0.6) is 5.75 Å². The van der Waals surface area contributed by atoms with Crippen LogP contribution in [0.4, 0.5) is 8.78 Å². The zero-order valence-corrected chi connectivity index (χ0v) is 27.7. The van der Waals surface area contributed by atoms with E-state index in [0.717, 1.165) is 40.8 Å². The number of ether oxygens (including phenoxy) is 2. The second-order valence-electron chi connectivity index (χ2n) is 13.9. The summed E-state index contributed by atoms with van der Waals surface area (Å²) in [5.74, 6) is -1.14. The van der Waals surface area contributed by atoms with E-state index in [1.165, 1.54) is 13.1 Å². The van der Waals surface area contributed by atoms with Gasteiger partial charge in [-0.15, -0.1) is 0 Å². The Morgan fingerprint density at radius 1 is 1.00 bits per heavy atom. The molecule has 0 unspecified atom stereocenters. The molecule has 0 spiro atoms. The number of pyridine rings is 1. The van der Waals surface area contributed by atoms with Gasteiger partial charge < -0.3 is 9.47 Å². The number of hydrogen-bond acceptors (Lipinski definition) is 5. The Hall–Kier alpha value is -3.32. The molecule has 2 atom stereocenters. The van der Waals surface area contributed by atoms with Crippen LogP contribution in [0, 0.1) is 18.7 Å². The molecule has 3 aromatic rings. The predicted molar refractivity (Wildman–Crippen MR) is 172 cm³/mol. The quantitative estimate of drug-likeness (QED) is 0.193. The van der Waals surface area contributed by atoms with Crippen molar-refractivity contribution in [2.75, 3.05) is 0 Å². The van der Waals surface area contributed by atoms with Crippen LogP contribution in [0.15, 0.2) is 54.7 Å². The van der Waals surface area contributed by atoms with Gasteiger partial charge in [-0.3, -0.25) is 9.88 Å². The Kier molecular flexibility index (Phi) is 10.2. The topological polar surface area (TPSA) is 51.7 Å². The predicted octanol–water partition coefficient (Wildman–Crippen LogP) is 8.96. The number of hydrogen-bond donors (Lipinski definition) is 0. The first-order chi connectivity index (χ1) is 20.6. The van der Waals surface area contributed by atoms with E-state index in [-0.39, 0.29) is 18.3 Å². The van der Waals surface area contributed by atoms with Crippen LogP contribution in [-0.4, -0.2) is 39.2 Å². The van der Waals surface area contributed by atoms with E-state index in [1.54, 1.807) is 26.8 Å². The number of carbonyl (C=O) groups is 1. The van der Waals surface area contributed by atoms with Crippen molar-refractivity contribution in [3.05, 3.63) is 82.9 Å². The average Bonchev–Trinajstić information content (AvgIpc) is 3.76. The van der Waals surface area contributed by atoms with Gasteiger partial charge in [-0.1, -0.05) is 30.3 Å². The number of alkyl halides is 1. The summed E-state index contributed by atoms with van der Waals surface area (Å²) in [6.45, 7) is 18.0. The van der Waals surface area contributed by atoms with Crippen molar-refractivity contribution in [2.24, 2.45) is 5.92 Å². The minimum atomic E-state index is -2.17. The summed E-state index contributed by atoms with van der Waals surface area (Å²) in [6.07, 6.45) is 3.02. The van der Waals surface area contributed by atoms with Crippen LogP contribution < -0.4 is 4.74 Å². The fraction of sp³-hybridized carbons (Fsp3) is 0.514. The van der Waals surface area contributed by atoms with Gasteiger partial charge in [0.1, 0.15) is 23.8 Å². The molecule has 1 aliphatic rings. The minimum absolute atomic E-state index is 0.0740. The van der Waals surface area contributed by atoms with Crippen molar-refractivity contribution >= 4 is 5.97 Å². The molecular weight excluding hydrogens is 558 g/mol. The summed E-state index contributed by atoms with van der Waals surface area (Å²) in [7, 11) is 0. The molecule has 0 N–H and O–H groups in total. The van der Waals surface area contributed by atoms with Crippen molar-refractivity contribution in [1.82, 2.24) is 9.88 Å². The molecule has 1 saturated carbocycles. The zero-order valence-electron chi connectivity index (χ0n) is 27.7. The number of carbonyl (C=O) groups excluding carboxylic acids is 1. The van der Waals surface area contributed by atoms with Crippen molar-refractivity contribution in [2.45, 2.75) is 118 Å². The normalized spacial score (nSPS) is 15.9. The highest BCUT2D eigenvalue weighted by atomic mass is 19.1. The van der Waals surface area contributed by atoms with Gasteiger partial charge in [0.15, 0.2) is 0 Å². The van der Waals surface area contributed by atoms with Crippen molar-refractivity contribution < 1.29 is 23.0 Å². The summed E-state index contributed by atoms with van der Waals surface area (Å²) >= 11 is 0. The number of aromatic nitrogens is 1. The fourth-order valence-corrected chi connectivity index (χ4v) is 5.96. The Morgan fingerprint density at radius 3 is 2.30 bits per heavy atom. The van der Waals surface area contributed by atoms with Gasteiger partial charge in [-0.05, 0) is 122 Å². The SMILES string of the molecule is Cc1cc(-c2ccc(COc3cccc([C@H](C4CC4)[C@@](C)(F)C(=O)OC(C)(C)C)c3)cc2CN(C(C)C)C(C)C)c(F)cn1. The molecule has 238 valence electrons. The fourth-order valence-electron chi connectivity index (χ4n) is 5.96. The first kappa shape index (κ1) is 33.6. The lowest BCUT2D eigenvalue weighted by atomic mass is 9.80. The molecule has 0 amide bonds. The zero-order chi connectivity index (χ0) is 32.4. The lowest BCUT2D eigenvalue weighted by molar-refractivity contribution is -0.170.